The van der Waals surface area contributed by atoms with Crippen LogP contribution in [0.15, 0.2) is 84.9 Å². The molecule has 0 spiro atoms. The Morgan fingerprint density at radius 2 is 1.48 bits per heavy atom. The van der Waals surface area contributed by atoms with E-state index in [1.807, 2.05) is 73.7 Å². The van der Waals surface area contributed by atoms with Crippen molar-refractivity contribution < 1.29 is 9.59 Å². The number of carbonyl (C=O) groups excluding carboxylic acids is 2. The molecule has 148 valence electrons. The van der Waals surface area contributed by atoms with Gasteiger partial charge in [0.1, 0.15) is 0 Å². The van der Waals surface area contributed by atoms with Gasteiger partial charge in [0.25, 0.3) is 5.91 Å². The molecule has 2 N–H and O–H groups in total. The van der Waals surface area contributed by atoms with Gasteiger partial charge in [0.2, 0.25) is 5.91 Å². The summed E-state index contributed by atoms with van der Waals surface area (Å²) in [6.45, 7) is 1.94. The molecule has 0 bridgehead atoms. The van der Waals surface area contributed by atoms with Crippen LogP contribution in [0.4, 0.5) is 5.69 Å². The minimum atomic E-state index is -0.214. The molecule has 0 aliphatic heterocycles. The normalized spacial score (nSPS) is 11.5. The van der Waals surface area contributed by atoms with Crippen LogP contribution in [0.1, 0.15) is 34.5 Å². The number of hydrogen-bond acceptors (Lipinski definition) is 3. The van der Waals surface area contributed by atoms with E-state index in [4.69, 9.17) is 0 Å². The number of amides is 2. The van der Waals surface area contributed by atoms with Crippen LogP contribution in [0.5, 0.6) is 0 Å². The largest absolute Gasteiger partial charge is 0.345 e. The second-order valence-corrected chi connectivity index (χ2v) is 7.66. The predicted molar refractivity (Wildman–Crippen MR) is 120 cm³/mol. The highest BCUT2D eigenvalue weighted by molar-refractivity contribution is 7.99. The van der Waals surface area contributed by atoms with Gasteiger partial charge in [-0.05, 0) is 30.2 Å². The maximum Gasteiger partial charge on any atom is 0.253 e. The quantitative estimate of drug-likeness (QED) is 0.552. The number of para-hydroxylation sites is 1. The number of benzene rings is 3. The maximum absolute atomic E-state index is 12.8. The van der Waals surface area contributed by atoms with E-state index in [0.717, 1.165) is 11.3 Å². The lowest BCUT2D eigenvalue weighted by atomic mass is 10.1. The average Bonchev–Trinajstić information content (AvgIpc) is 2.75. The van der Waals surface area contributed by atoms with Crippen molar-refractivity contribution in [2.75, 3.05) is 11.1 Å². The standard InChI is InChI=1S/C24H24N2O2S/c1-18(20-12-6-3-7-13-20)25-24(28)21-14-8-9-15-22(21)26-23(27)17-29-16-19-10-4-2-5-11-19/h2-15,18H,16-17H2,1H3,(H,25,28)(H,26,27)/t18-/m1/s1. The van der Waals surface area contributed by atoms with Gasteiger partial charge in [0, 0.05) is 5.75 Å². The van der Waals surface area contributed by atoms with Crippen molar-refractivity contribution >= 4 is 29.3 Å². The molecule has 0 aliphatic carbocycles. The lowest BCUT2D eigenvalue weighted by Gasteiger charge is -2.16. The lowest BCUT2D eigenvalue weighted by molar-refractivity contribution is -0.113. The fourth-order valence-electron chi connectivity index (χ4n) is 2.91. The van der Waals surface area contributed by atoms with Gasteiger partial charge in [-0.1, -0.05) is 72.8 Å². The first-order valence-electron chi connectivity index (χ1n) is 9.50. The molecule has 3 rings (SSSR count). The van der Waals surface area contributed by atoms with Gasteiger partial charge < -0.3 is 10.6 Å². The van der Waals surface area contributed by atoms with E-state index in [-0.39, 0.29) is 17.9 Å². The van der Waals surface area contributed by atoms with Gasteiger partial charge >= 0.3 is 0 Å². The highest BCUT2D eigenvalue weighted by atomic mass is 32.2. The van der Waals surface area contributed by atoms with E-state index in [2.05, 4.69) is 10.6 Å². The fourth-order valence-corrected chi connectivity index (χ4v) is 3.70. The summed E-state index contributed by atoms with van der Waals surface area (Å²) >= 11 is 1.54. The number of thioether (sulfide) groups is 1. The summed E-state index contributed by atoms with van der Waals surface area (Å²) < 4.78 is 0. The number of hydrogen-bond donors (Lipinski definition) is 2. The fraction of sp³-hybridized carbons (Fsp3) is 0.167. The minimum absolute atomic E-state index is 0.123. The van der Waals surface area contributed by atoms with Crippen LogP contribution in [0.25, 0.3) is 0 Å². The van der Waals surface area contributed by atoms with E-state index in [0.29, 0.717) is 17.0 Å². The zero-order valence-electron chi connectivity index (χ0n) is 16.3. The van der Waals surface area contributed by atoms with Crippen LogP contribution in [-0.4, -0.2) is 17.6 Å². The van der Waals surface area contributed by atoms with Crippen LogP contribution in [0.2, 0.25) is 0 Å². The summed E-state index contributed by atoms with van der Waals surface area (Å²) in [7, 11) is 0. The number of nitrogens with one attached hydrogen (secondary N) is 2. The molecule has 4 nitrogen and oxygen atoms in total. The van der Waals surface area contributed by atoms with Crippen LogP contribution < -0.4 is 10.6 Å². The summed E-state index contributed by atoms with van der Waals surface area (Å²) in [6, 6.07) is 26.8. The van der Waals surface area contributed by atoms with Crippen molar-refractivity contribution in [1.29, 1.82) is 0 Å². The molecule has 1 atom stereocenters. The molecule has 3 aromatic rings. The number of anilines is 1. The third-order valence-corrected chi connectivity index (χ3v) is 5.44. The van der Waals surface area contributed by atoms with Crippen LogP contribution in [0, 0.1) is 0 Å². The molecule has 0 heterocycles. The Morgan fingerprint density at radius 1 is 0.862 bits per heavy atom. The van der Waals surface area contributed by atoms with Gasteiger partial charge in [-0.25, -0.2) is 0 Å². The second kappa shape index (κ2) is 10.5. The first kappa shape index (κ1) is 20.7. The van der Waals surface area contributed by atoms with Crippen LogP contribution in [0.3, 0.4) is 0 Å². The van der Waals surface area contributed by atoms with E-state index in [9.17, 15) is 9.59 Å². The topological polar surface area (TPSA) is 58.2 Å². The number of rotatable bonds is 8. The van der Waals surface area contributed by atoms with Crippen molar-refractivity contribution in [2.45, 2.75) is 18.7 Å². The van der Waals surface area contributed by atoms with Gasteiger partial charge in [-0.3, -0.25) is 9.59 Å². The second-order valence-electron chi connectivity index (χ2n) is 6.68. The Kier molecular flexibility index (Phi) is 7.47. The van der Waals surface area contributed by atoms with E-state index < -0.39 is 0 Å². The first-order valence-corrected chi connectivity index (χ1v) is 10.7. The van der Waals surface area contributed by atoms with Gasteiger partial charge in [0.05, 0.1) is 23.0 Å². The summed E-state index contributed by atoms with van der Waals surface area (Å²) in [4.78, 5) is 25.1. The maximum atomic E-state index is 12.8. The summed E-state index contributed by atoms with van der Waals surface area (Å²) in [5.41, 5.74) is 3.19. The molecule has 0 fully saturated rings. The Hall–Kier alpha value is -3.05. The van der Waals surface area contributed by atoms with Crippen molar-refractivity contribution in [3.63, 3.8) is 0 Å². The average molecular weight is 405 g/mol. The number of carbonyl (C=O) groups is 2. The molecule has 5 heteroatoms. The Morgan fingerprint density at radius 3 is 2.21 bits per heavy atom. The Labute approximate surface area is 175 Å². The zero-order valence-corrected chi connectivity index (χ0v) is 17.1. The SMILES string of the molecule is C[C@@H](NC(=O)c1ccccc1NC(=O)CSCc1ccccc1)c1ccccc1. The zero-order chi connectivity index (χ0) is 20.5. The van der Waals surface area contributed by atoms with Crippen molar-refractivity contribution in [1.82, 2.24) is 5.32 Å². The molecule has 0 aliphatic rings. The minimum Gasteiger partial charge on any atom is -0.345 e. The predicted octanol–water partition coefficient (Wildman–Crippen LogP) is 5.05. The third-order valence-electron chi connectivity index (χ3n) is 4.44. The Bertz CT molecular complexity index is 945. The molecule has 2 amide bonds. The van der Waals surface area contributed by atoms with E-state index in [1.54, 1.807) is 30.0 Å². The lowest BCUT2D eigenvalue weighted by Crippen LogP contribution is -2.28. The highest BCUT2D eigenvalue weighted by Crippen LogP contribution is 2.19. The molecule has 0 aromatic heterocycles. The van der Waals surface area contributed by atoms with Crippen LogP contribution in [-0.2, 0) is 10.5 Å². The Balaban J connectivity index is 1.57. The monoisotopic (exact) mass is 404 g/mol. The highest BCUT2D eigenvalue weighted by Gasteiger charge is 2.16. The smallest absolute Gasteiger partial charge is 0.253 e. The molecule has 0 saturated heterocycles. The van der Waals surface area contributed by atoms with Gasteiger partial charge in [-0.15, -0.1) is 11.8 Å². The molecular formula is C24H24N2O2S. The van der Waals surface area contributed by atoms with Crippen molar-refractivity contribution in [3.05, 3.63) is 102 Å². The summed E-state index contributed by atoms with van der Waals surface area (Å²) in [6.07, 6.45) is 0. The molecule has 29 heavy (non-hydrogen) atoms. The molecular weight excluding hydrogens is 380 g/mol. The molecule has 0 radical (unpaired) electrons. The molecule has 0 saturated carbocycles. The summed E-state index contributed by atoms with van der Waals surface area (Å²) in [5.74, 6) is 0.757. The van der Waals surface area contributed by atoms with Gasteiger partial charge in [-0.2, -0.15) is 0 Å². The van der Waals surface area contributed by atoms with E-state index in [1.165, 1.54) is 5.56 Å². The summed E-state index contributed by atoms with van der Waals surface area (Å²) in [5, 5.41) is 5.87. The third kappa shape index (κ3) is 6.22. The van der Waals surface area contributed by atoms with Crippen LogP contribution >= 0.6 is 11.8 Å². The molecule has 3 aromatic carbocycles. The van der Waals surface area contributed by atoms with Crippen molar-refractivity contribution in [3.8, 4) is 0 Å². The van der Waals surface area contributed by atoms with E-state index >= 15 is 0 Å². The molecule has 0 unspecified atom stereocenters. The van der Waals surface area contributed by atoms with Gasteiger partial charge in [0.15, 0.2) is 0 Å². The first-order chi connectivity index (χ1) is 14.1. The van der Waals surface area contributed by atoms with Crippen molar-refractivity contribution in [2.24, 2.45) is 0 Å².